The molecule has 3 amide bonds. The minimum absolute atomic E-state index is 0. The number of carboxylic acid groups (broad SMARTS) is 1. The number of hydrogen-bond acceptors (Lipinski definition) is 8. The summed E-state index contributed by atoms with van der Waals surface area (Å²) in [6, 6.07) is 27.7. The number of benzene rings is 4. The van der Waals surface area contributed by atoms with Crippen molar-refractivity contribution in [3.8, 4) is 11.5 Å². The van der Waals surface area contributed by atoms with Crippen molar-refractivity contribution in [3.05, 3.63) is 129 Å². The number of fused-ring (bicyclic) bond motifs is 2. The number of primary amides is 1. The maximum Gasteiger partial charge on any atom is 0.335 e. The van der Waals surface area contributed by atoms with Gasteiger partial charge >= 0.3 is 5.97 Å². The van der Waals surface area contributed by atoms with Crippen LogP contribution in [0.4, 0.5) is 0 Å². The third-order valence-corrected chi connectivity index (χ3v) is 14.7. The molecule has 4 heterocycles. The van der Waals surface area contributed by atoms with E-state index in [0.29, 0.717) is 30.9 Å². The van der Waals surface area contributed by atoms with Gasteiger partial charge in [0.15, 0.2) is 0 Å². The van der Waals surface area contributed by atoms with Gasteiger partial charge in [-0.3, -0.25) is 14.4 Å². The van der Waals surface area contributed by atoms with Crippen LogP contribution in [-0.2, 0) is 26.1 Å². The van der Waals surface area contributed by atoms with Gasteiger partial charge in [0, 0.05) is 80.1 Å². The first-order valence-electron chi connectivity index (χ1n) is 23.5. The Morgan fingerprint density at radius 2 is 0.938 bits per heavy atom. The molecule has 10 rings (SSSR count). The fourth-order valence-corrected chi connectivity index (χ4v) is 10.3. The Labute approximate surface area is 388 Å². The topological polar surface area (TPSA) is 146 Å². The molecule has 0 atom stereocenters. The van der Waals surface area contributed by atoms with Crippen LogP contribution in [0, 0.1) is 0 Å². The normalized spacial score (nSPS) is 19.7. The summed E-state index contributed by atoms with van der Waals surface area (Å²) in [5, 5.41) is 9.00. The Bertz CT molecular complexity index is 2150. The molecule has 3 N–H and O–H groups in total. The second-order valence-corrected chi connectivity index (χ2v) is 18.5. The zero-order valence-corrected chi connectivity index (χ0v) is 38.0. The Hall–Kier alpha value is -5.43. The summed E-state index contributed by atoms with van der Waals surface area (Å²) in [6.07, 6.45) is 14.2. The van der Waals surface area contributed by atoms with Crippen LogP contribution in [0.2, 0.25) is 0 Å². The molecule has 0 unspecified atom stereocenters. The maximum atomic E-state index is 13.2. The van der Waals surface area contributed by atoms with E-state index < -0.39 is 11.9 Å². The van der Waals surface area contributed by atoms with Gasteiger partial charge in [-0.1, -0.05) is 37.1 Å². The molecule has 2 saturated carbocycles. The first-order valence-corrected chi connectivity index (χ1v) is 23.5. The molecule has 2 saturated heterocycles. The second kappa shape index (κ2) is 20.8. The average Bonchev–Trinajstić information content (AvgIpc) is 3.28. The molecule has 6 aliphatic rings. The van der Waals surface area contributed by atoms with E-state index in [2.05, 4.69) is 19.6 Å². The Morgan fingerprint density at radius 1 is 0.538 bits per heavy atom. The number of carbonyl (C=O) groups is 4. The van der Waals surface area contributed by atoms with Gasteiger partial charge in [-0.15, -0.1) is 12.4 Å². The van der Waals surface area contributed by atoms with Crippen LogP contribution in [-0.4, -0.2) is 112 Å². The number of halogens is 1. The summed E-state index contributed by atoms with van der Waals surface area (Å²) in [6.45, 7) is 6.81. The number of nitrogens with zero attached hydrogens (tertiary/aromatic N) is 4. The first kappa shape index (κ1) is 46.1. The van der Waals surface area contributed by atoms with Crippen molar-refractivity contribution in [2.75, 3.05) is 39.3 Å². The third-order valence-electron chi connectivity index (χ3n) is 14.7. The minimum atomic E-state index is -0.935. The second-order valence-electron chi connectivity index (χ2n) is 18.5. The van der Waals surface area contributed by atoms with Crippen molar-refractivity contribution >= 4 is 36.1 Å². The van der Waals surface area contributed by atoms with Gasteiger partial charge in [-0.05, 0) is 147 Å². The lowest BCUT2D eigenvalue weighted by atomic mass is 9.88. The fraction of sp³-hybridized carbons (Fsp3) is 0.462. The van der Waals surface area contributed by atoms with E-state index in [4.69, 9.17) is 20.3 Å². The van der Waals surface area contributed by atoms with Gasteiger partial charge in [0.1, 0.15) is 24.7 Å². The maximum absolute atomic E-state index is 13.2. The van der Waals surface area contributed by atoms with Crippen molar-refractivity contribution in [1.29, 1.82) is 0 Å². The van der Waals surface area contributed by atoms with Gasteiger partial charge < -0.3 is 39.9 Å². The first-order chi connectivity index (χ1) is 31.2. The number of ether oxygens (including phenoxy) is 2. The van der Waals surface area contributed by atoms with Crippen molar-refractivity contribution < 1.29 is 33.8 Å². The van der Waals surface area contributed by atoms with Crippen LogP contribution in [0.1, 0.15) is 128 Å². The molecule has 4 fully saturated rings. The average molecular weight is 905 g/mol. The predicted molar refractivity (Wildman–Crippen MR) is 251 cm³/mol. The molecule has 0 bridgehead atoms. The van der Waals surface area contributed by atoms with Crippen molar-refractivity contribution in [1.82, 2.24) is 19.6 Å². The van der Waals surface area contributed by atoms with E-state index in [1.54, 1.807) is 36.4 Å². The lowest BCUT2D eigenvalue weighted by Gasteiger charge is -2.45. The summed E-state index contributed by atoms with van der Waals surface area (Å²) >= 11 is 0. The number of carboxylic acids is 1. The molecule has 344 valence electrons. The van der Waals surface area contributed by atoms with Crippen LogP contribution in [0.3, 0.4) is 0 Å². The zero-order chi connectivity index (χ0) is 44.2. The molecule has 13 heteroatoms. The summed E-state index contributed by atoms with van der Waals surface area (Å²) in [5.74, 6) is 0.453. The van der Waals surface area contributed by atoms with Crippen molar-refractivity contribution in [2.45, 2.75) is 114 Å². The molecule has 0 radical (unpaired) electrons. The fourth-order valence-electron chi connectivity index (χ4n) is 10.3. The quantitative estimate of drug-likeness (QED) is 0.146. The number of carbonyl (C=O) groups excluding carboxylic acids is 3. The molecule has 65 heavy (non-hydrogen) atoms. The van der Waals surface area contributed by atoms with Gasteiger partial charge in [-0.25, -0.2) is 4.79 Å². The predicted octanol–water partition coefficient (Wildman–Crippen LogP) is 7.78. The smallest absolute Gasteiger partial charge is 0.335 e. The van der Waals surface area contributed by atoms with Crippen LogP contribution in [0.25, 0.3) is 0 Å². The molecule has 0 aromatic heterocycles. The number of likely N-dealkylation sites (tertiary alicyclic amines) is 2. The SMILES string of the molecule is Cl.NC(=O)c1ccc(COc2ccc3c(c2)CCN(C2CCN(C4CCC4)CC2)C3=O)cc1.O=C(O)c1ccc(COc2ccc3c(c2)CCN(C2CCN(C4CCC4)CC2)C3=O)cc1. The molecule has 2 aliphatic carbocycles. The van der Waals surface area contributed by atoms with Gasteiger partial charge in [0.25, 0.3) is 11.8 Å². The van der Waals surface area contributed by atoms with Crippen molar-refractivity contribution in [2.24, 2.45) is 5.73 Å². The summed E-state index contributed by atoms with van der Waals surface area (Å²) in [7, 11) is 0. The Balaban J connectivity index is 0.000000175. The van der Waals surface area contributed by atoms with Crippen LogP contribution >= 0.6 is 12.4 Å². The lowest BCUT2D eigenvalue weighted by molar-refractivity contribution is 0.0409. The molecule has 4 aromatic rings. The monoisotopic (exact) mass is 903 g/mol. The number of nitrogens with two attached hydrogens (primary N) is 1. The van der Waals surface area contributed by atoms with Gasteiger partial charge in [0.05, 0.1) is 5.56 Å². The van der Waals surface area contributed by atoms with E-state index in [0.717, 1.165) is 135 Å². The number of aromatic carboxylic acids is 1. The highest BCUT2D eigenvalue weighted by Crippen LogP contribution is 2.33. The standard InChI is InChI=1S/C26H31N3O3.C26H30N2O4.ClH/c27-25(30)19-6-4-18(5-7-19)17-32-23-8-9-24-20(16-23)10-15-29(26(24)31)22-11-13-28(14-12-22)21-2-1-3-21;29-25-24-9-8-23(32-17-18-4-6-19(7-5-18)26(30)31)16-20(24)10-15-28(25)22-11-13-27(14-12-22)21-2-1-3-21;/h4-9,16,21-22H,1-3,10-15,17H2,(H2,27,30);4-9,16,21-22H,1-3,10-15,17H2,(H,30,31);1H. The summed E-state index contributed by atoms with van der Waals surface area (Å²) in [4.78, 5) is 58.0. The highest BCUT2D eigenvalue weighted by atomic mass is 35.5. The Kier molecular flexibility index (Phi) is 14.8. The Morgan fingerprint density at radius 3 is 1.29 bits per heavy atom. The van der Waals surface area contributed by atoms with Crippen LogP contribution < -0.4 is 15.2 Å². The third kappa shape index (κ3) is 10.7. The number of hydrogen-bond donors (Lipinski definition) is 2. The largest absolute Gasteiger partial charge is 0.489 e. The molecule has 4 aliphatic heterocycles. The molecule has 4 aromatic carbocycles. The molecular weight excluding hydrogens is 842 g/mol. The lowest BCUT2D eigenvalue weighted by Crippen LogP contribution is -2.52. The summed E-state index contributed by atoms with van der Waals surface area (Å²) in [5.41, 5.74) is 11.6. The van der Waals surface area contributed by atoms with Gasteiger partial charge in [-0.2, -0.15) is 0 Å². The molecular formula is C52H62ClN5O7. The van der Waals surface area contributed by atoms with Crippen molar-refractivity contribution in [3.63, 3.8) is 0 Å². The van der Waals surface area contributed by atoms with E-state index in [1.165, 1.54) is 38.5 Å². The zero-order valence-electron chi connectivity index (χ0n) is 37.2. The highest BCUT2D eigenvalue weighted by Gasteiger charge is 2.36. The molecule has 12 nitrogen and oxygen atoms in total. The van der Waals surface area contributed by atoms with Crippen LogP contribution in [0.5, 0.6) is 11.5 Å². The number of rotatable bonds is 12. The number of piperidine rings is 2. The van der Waals surface area contributed by atoms with Crippen LogP contribution in [0.15, 0.2) is 84.9 Å². The molecule has 0 spiro atoms. The van der Waals surface area contributed by atoms with E-state index in [1.807, 2.05) is 48.5 Å². The van der Waals surface area contributed by atoms with E-state index >= 15 is 0 Å². The van der Waals surface area contributed by atoms with Gasteiger partial charge in [0.2, 0.25) is 5.91 Å². The summed E-state index contributed by atoms with van der Waals surface area (Å²) < 4.78 is 11.8. The van der Waals surface area contributed by atoms with E-state index in [9.17, 15) is 19.2 Å². The number of amides is 3. The minimum Gasteiger partial charge on any atom is -0.489 e. The highest BCUT2D eigenvalue weighted by molar-refractivity contribution is 5.98. The van der Waals surface area contributed by atoms with E-state index in [-0.39, 0.29) is 29.8 Å².